The lowest BCUT2D eigenvalue weighted by Gasteiger charge is -2.37. The van der Waals surface area contributed by atoms with Crippen LogP contribution in [0.5, 0.6) is 0 Å². The third-order valence-corrected chi connectivity index (χ3v) is 5.74. The first-order valence-electron chi connectivity index (χ1n) is 9.28. The van der Waals surface area contributed by atoms with Crippen LogP contribution in [0.25, 0.3) is 11.0 Å². The number of hydrogen-bond acceptors (Lipinski definition) is 4. The number of halogens is 1. The molecule has 0 N–H and O–H groups in total. The first-order chi connectivity index (χ1) is 13.4. The Hall–Kier alpha value is -2.60. The monoisotopic (exact) mass is 440 g/mol. The van der Waals surface area contributed by atoms with Gasteiger partial charge in [-0.05, 0) is 49.2 Å². The van der Waals surface area contributed by atoms with Gasteiger partial charge in [-0.25, -0.2) is 4.79 Å². The fourth-order valence-electron chi connectivity index (χ4n) is 3.85. The minimum atomic E-state index is -0.586. The highest BCUT2D eigenvalue weighted by molar-refractivity contribution is 9.10. The van der Waals surface area contributed by atoms with E-state index in [4.69, 9.17) is 4.42 Å². The zero-order valence-corrected chi connectivity index (χ0v) is 17.5. The summed E-state index contributed by atoms with van der Waals surface area (Å²) in [6, 6.07) is 13.3. The molecule has 0 atom stereocenters. The van der Waals surface area contributed by atoms with Crippen LogP contribution in [0.15, 0.2) is 56.1 Å². The predicted octanol–water partition coefficient (Wildman–Crippen LogP) is 4.13. The predicted molar refractivity (Wildman–Crippen MR) is 114 cm³/mol. The zero-order valence-electron chi connectivity index (χ0n) is 15.9. The van der Waals surface area contributed by atoms with Crippen molar-refractivity contribution in [2.75, 3.05) is 31.1 Å². The van der Waals surface area contributed by atoms with Crippen molar-refractivity contribution < 1.29 is 9.21 Å². The number of piperazine rings is 1. The summed E-state index contributed by atoms with van der Waals surface area (Å²) in [4.78, 5) is 29.4. The van der Waals surface area contributed by atoms with Gasteiger partial charge < -0.3 is 14.2 Å². The molecule has 4 rings (SSSR count). The summed E-state index contributed by atoms with van der Waals surface area (Å²) in [6.45, 7) is 6.84. The van der Waals surface area contributed by atoms with E-state index in [-0.39, 0.29) is 11.5 Å². The molecule has 2 heterocycles. The van der Waals surface area contributed by atoms with Crippen LogP contribution in [0.2, 0.25) is 0 Å². The second kappa shape index (κ2) is 7.43. The van der Waals surface area contributed by atoms with Gasteiger partial charge in [0.25, 0.3) is 5.91 Å². The molecule has 1 fully saturated rings. The Morgan fingerprint density at radius 1 is 1.00 bits per heavy atom. The van der Waals surface area contributed by atoms with Gasteiger partial charge in [-0.2, -0.15) is 0 Å². The van der Waals surface area contributed by atoms with E-state index in [0.717, 1.165) is 22.9 Å². The lowest BCUT2D eigenvalue weighted by atomic mass is 10.1. The number of carbonyl (C=O) groups is 1. The van der Waals surface area contributed by atoms with E-state index in [9.17, 15) is 9.59 Å². The summed E-state index contributed by atoms with van der Waals surface area (Å²) < 4.78 is 6.22. The van der Waals surface area contributed by atoms with Crippen molar-refractivity contribution in [3.05, 3.63) is 74.0 Å². The summed E-state index contributed by atoms with van der Waals surface area (Å²) in [5.41, 5.74) is 3.69. The molecule has 144 valence electrons. The minimum absolute atomic E-state index is 0.0890. The van der Waals surface area contributed by atoms with Gasteiger partial charge in [0, 0.05) is 41.7 Å². The SMILES string of the molecule is Cc1cccc(C)c1N1CCN(C(=O)c2cc3cc(Br)ccc3oc2=O)CC1. The number of hydrogen-bond donors (Lipinski definition) is 0. The number of carbonyl (C=O) groups excluding carboxylic acids is 1. The van der Waals surface area contributed by atoms with Crippen molar-refractivity contribution >= 4 is 38.5 Å². The average Bonchev–Trinajstić information content (AvgIpc) is 2.68. The largest absolute Gasteiger partial charge is 0.422 e. The summed E-state index contributed by atoms with van der Waals surface area (Å²) in [6.07, 6.45) is 0. The lowest BCUT2D eigenvalue weighted by Crippen LogP contribution is -2.49. The molecule has 1 aromatic heterocycles. The Balaban J connectivity index is 1.55. The lowest BCUT2D eigenvalue weighted by molar-refractivity contribution is 0.0742. The van der Waals surface area contributed by atoms with Gasteiger partial charge in [0.1, 0.15) is 11.1 Å². The molecule has 1 amide bonds. The summed E-state index contributed by atoms with van der Waals surface area (Å²) in [7, 11) is 0. The highest BCUT2D eigenvalue weighted by Crippen LogP contribution is 2.26. The molecular formula is C22H21BrN2O3. The van der Waals surface area contributed by atoms with Gasteiger partial charge in [-0.3, -0.25) is 4.79 Å². The minimum Gasteiger partial charge on any atom is -0.422 e. The molecule has 1 saturated heterocycles. The van der Waals surface area contributed by atoms with E-state index in [1.54, 1.807) is 23.1 Å². The van der Waals surface area contributed by atoms with Crippen molar-refractivity contribution in [1.82, 2.24) is 4.90 Å². The second-order valence-corrected chi connectivity index (χ2v) is 8.07. The molecule has 0 spiro atoms. The van der Waals surface area contributed by atoms with Crippen molar-refractivity contribution in [2.45, 2.75) is 13.8 Å². The number of rotatable bonds is 2. The van der Waals surface area contributed by atoms with Crippen molar-refractivity contribution in [1.29, 1.82) is 0 Å². The van der Waals surface area contributed by atoms with Gasteiger partial charge in [0.2, 0.25) is 0 Å². The Bertz CT molecular complexity index is 1090. The first-order valence-corrected chi connectivity index (χ1v) is 10.1. The van der Waals surface area contributed by atoms with Crippen molar-refractivity contribution in [2.24, 2.45) is 0 Å². The Labute approximate surface area is 171 Å². The molecular weight excluding hydrogens is 420 g/mol. The average molecular weight is 441 g/mol. The number of amides is 1. The first kappa shape index (κ1) is 18.7. The quantitative estimate of drug-likeness (QED) is 0.562. The van der Waals surface area contributed by atoms with Crippen LogP contribution in [-0.4, -0.2) is 37.0 Å². The van der Waals surface area contributed by atoms with Crippen LogP contribution in [0.3, 0.4) is 0 Å². The smallest absolute Gasteiger partial charge is 0.349 e. The van der Waals surface area contributed by atoms with Crippen LogP contribution in [-0.2, 0) is 0 Å². The summed E-state index contributed by atoms with van der Waals surface area (Å²) >= 11 is 3.41. The maximum absolute atomic E-state index is 13.0. The molecule has 6 heteroatoms. The highest BCUT2D eigenvalue weighted by atomic mass is 79.9. The highest BCUT2D eigenvalue weighted by Gasteiger charge is 2.26. The molecule has 28 heavy (non-hydrogen) atoms. The number of nitrogens with zero attached hydrogens (tertiary/aromatic N) is 2. The number of para-hydroxylation sites is 1. The molecule has 1 aliphatic heterocycles. The fourth-order valence-corrected chi connectivity index (χ4v) is 4.23. The number of fused-ring (bicyclic) bond motifs is 1. The fraction of sp³-hybridized carbons (Fsp3) is 0.273. The Kier molecular flexibility index (Phi) is 4.98. The van der Waals surface area contributed by atoms with Gasteiger partial charge in [0.15, 0.2) is 0 Å². The maximum Gasteiger partial charge on any atom is 0.349 e. The molecule has 1 aliphatic rings. The molecule has 0 aliphatic carbocycles. The van der Waals surface area contributed by atoms with Crippen LogP contribution in [0.4, 0.5) is 5.69 Å². The van der Waals surface area contributed by atoms with E-state index >= 15 is 0 Å². The molecule has 5 nitrogen and oxygen atoms in total. The standard InChI is InChI=1S/C22H21BrN2O3/c1-14-4-3-5-15(2)20(14)24-8-10-25(11-9-24)21(26)18-13-16-12-17(23)6-7-19(16)28-22(18)27/h3-7,12-13H,8-11H2,1-2H3. The van der Waals surface area contributed by atoms with Crippen LogP contribution >= 0.6 is 15.9 Å². The second-order valence-electron chi connectivity index (χ2n) is 7.15. The van der Waals surface area contributed by atoms with Gasteiger partial charge in [-0.1, -0.05) is 34.1 Å². The topological polar surface area (TPSA) is 53.8 Å². The number of anilines is 1. The van der Waals surface area contributed by atoms with Gasteiger partial charge in [-0.15, -0.1) is 0 Å². The van der Waals surface area contributed by atoms with E-state index in [1.807, 2.05) is 6.07 Å². The Morgan fingerprint density at radius 3 is 2.36 bits per heavy atom. The molecule has 2 aromatic carbocycles. The van der Waals surface area contributed by atoms with E-state index in [2.05, 4.69) is 52.9 Å². The Morgan fingerprint density at radius 2 is 1.68 bits per heavy atom. The number of aryl methyl sites for hydroxylation is 2. The maximum atomic E-state index is 13.0. The third-order valence-electron chi connectivity index (χ3n) is 5.25. The summed E-state index contributed by atoms with van der Waals surface area (Å²) in [5.74, 6) is -0.267. The third kappa shape index (κ3) is 3.44. The van der Waals surface area contributed by atoms with E-state index < -0.39 is 5.63 Å². The van der Waals surface area contributed by atoms with Crippen molar-refractivity contribution in [3.63, 3.8) is 0 Å². The molecule has 0 bridgehead atoms. The van der Waals surface area contributed by atoms with Gasteiger partial charge >= 0.3 is 5.63 Å². The molecule has 0 radical (unpaired) electrons. The molecule has 0 saturated carbocycles. The normalized spacial score (nSPS) is 14.5. The number of benzene rings is 2. The van der Waals surface area contributed by atoms with Crippen molar-refractivity contribution in [3.8, 4) is 0 Å². The zero-order chi connectivity index (χ0) is 19.8. The van der Waals surface area contributed by atoms with Crippen LogP contribution in [0, 0.1) is 13.8 Å². The molecule has 3 aromatic rings. The van der Waals surface area contributed by atoms with E-state index in [1.165, 1.54) is 16.8 Å². The van der Waals surface area contributed by atoms with E-state index in [0.29, 0.717) is 18.7 Å². The molecule has 0 unspecified atom stereocenters. The van der Waals surface area contributed by atoms with Crippen LogP contribution < -0.4 is 10.5 Å². The van der Waals surface area contributed by atoms with Gasteiger partial charge in [0.05, 0.1) is 0 Å². The van der Waals surface area contributed by atoms with Crippen LogP contribution in [0.1, 0.15) is 21.5 Å². The summed E-state index contributed by atoms with van der Waals surface area (Å²) in [5, 5.41) is 0.728.